The quantitative estimate of drug-likeness (QED) is 0.873. The third-order valence-corrected chi connectivity index (χ3v) is 4.42. The molecule has 0 spiro atoms. The van der Waals surface area contributed by atoms with Crippen molar-refractivity contribution in [3.05, 3.63) is 18.2 Å². The zero-order valence-corrected chi connectivity index (χ0v) is 11.4. The minimum atomic E-state index is 0.0915. The summed E-state index contributed by atoms with van der Waals surface area (Å²) in [6, 6.07) is 1.06. The topological polar surface area (TPSA) is 39.1 Å². The first-order chi connectivity index (χ1) is 8.69. The Labute approximate surface area is 109 Å². The lowest BCUT2D eigenvalue weighted by molar-refractivity contribution is 0.158. The summed E-state index contributed by atoms with van der Waals surface area (Å²) in [7, 11) is 0. The molecule has 1 N–H and O–H groups in total. The fourth-order valence-electron chi connectivity index (χ4n) is 3.23. The van der Waals surface area contributed by atoms with Crippen LogP contribution >= 0.6 is 0 Å². The molecule has 3 atom stereocenters. The van der Waals surface area contributed by atoms with Gasteiger partial charge < -0.3 is 14.6 Å². The lowest BCUT2D eigenvalue weighted by Crippen LogP contribution is -2.39. The smallest absolute Gasteiger partial charge is 0.0954 e. The Morgan fingerprint density at radius 3 is 3.11 bits per heavy atom. The summed E-state index contributed by atoms with van der Waals surface area (Å²) in [5.74, 6) is 0. The summed E-state index contributed by atoms with van der Waals surface area (Å²) >= 11 is 0. The monoisotopic (exact) mass is 249 g/mol. The van der Waals surface area contributed by atoms with Crippen molar-refractivity contribution in [1.29, 1.82) is 0 Å². The van der Waals surface area contributed by atoms with Crippen LogP contribution in [0.25, 0.3) is 0 Å². The van der Waals surface area contributed by atoms with Crippen molar-refractivity contribution in [3.8, 4) is 0 Å². The number of nitrogens with zero attached hydrogens (tertiary/aromatic N) is 2. The van der Waals surface area contributed by atoms with Gasteiger partial charge >= 0.3 is 0 Å². The number of hydrogen-bond donors (Lipinski definition) is 1. The van der Waals surface area contributed by atoms with E-state index in [0.29, 0.717) is 12.1 Å². The Hall–Kier alpha value is -0.870. The van der Waals surface area contributed by atoms with E-state index in [0.717, 1.165) is 19.6 Å². The van der Waals surface area contributed by atoms with Crippen LogP contribution in [0.3, 0.4) is 0 Å². The van der Waals surface area contributed by atoms with E-state index >= 15 is 0 Å². The first-order valence-electron chi connectivity index (χ1n) is 7.05. The molecule has 0 radical (unpaired) electrons. The molecule has 0 amide bonds. The Morgan fingerprint density at radius 1 is 1.50 bits per heavy atom. The molecule has 100 valence electrons. The van der Waals surface area contributed by atoms with Crippen LogP contribution in [-0.4, -0.2) is 28.8 Å². The van der Waals surface area contributed by atoms with Gasteiger partial charge in [-0.1, -0.05) is 0 Å². The van der Waals surface area contributed by atoms with Crippen LogP contribution < -0.4 is 5.32 Å². The lowest BCUT2D eigenvalue weighted by Gasteiger charge is -2.33. The molecular weight excluding hydrogens is 226 g/mol. The number of aromatic nitrogens is 2. The van der Waals surface area contributed by atoms with Crippen molar-refractivity contribution in [2.24, 2.45) is 0 Å². The third kappa shape index (κ3) is 2.08. The first-order valence-corrected chi connectivity index (χ1v) is 7.05. The summed E-state index contributed by atoms with van der Waals surface area (Å²) in [6.45, 7) is 6.21. The largest absolute Gasteiger partial charge is 0.379 e. The van der Waals surface area contributed by atoms with E-state index in [1.54, 1.807) is 0 Å². The molecule has 0 saturated carbocycles. The summed E-state index contributed by atoms with van der Waals surface area (Å²) < 4.78 is 7.92. The maximum Gasteiger partial charge on any atom is 0.0954 e. The molecule has 1 aromatic rings. The van der Waals surface area contributed by atoms with Crippen LogP contribution in [0, 0.1) is 0 Å². The third-order valence-electron chi connectivity index (χ3n) is 4.42. The lowest BCUT2D eigenvalue weighted by atomic mass is 9.95. The maximum absolute atomic E-state index is 5.58. The molecule has 3 heterocycles. The zero-order valence-electron chi connectivity index (χ0n) is 11.4. The van der Waals surface area contributed by atoms with E-state index in [9.17, 15) is 0 Å². The van der Waals surface area contributed by atoms with Gasteiger partial charge in [-0.15, -0.1) is 0 Å². The van der Waals surface area contributed by atoms with E-state index in [4.69, 9.17) is 4.74 Å². The molecule has 3 rings (SSSR count). The van der Waals surface area contributed by atoms with Gasteiger partial charge in [0.2, 0.25) is 0 Å². The Balaban J connectivity index is 1.86. The maximum atomic E-state index is 5.58. The van der Waals surface area contributed by atoms with Gasteiger partial charge in [-0.25, -0.2) is 4.98 Å². The molecule has 0 bridgehead atoms. The molecule has 18 heavy (non-hydrogen) atoms. The molecule has 1 aromatic heterocycles. The van der Waals surface area contributed by atoms with Gasteiger partial charge in [0.05, 0.1) is 24.2 Å². The molecular formula is C14H23N3O. The highest BCUT2D eigenvalue weighted by atomic mass is 16.5. The van der Waals surface area contributed by atoms with Gasteiger partial charge in [-0.3, -0.25) is 0 Å². The second-order valence-corrected chi connectivity index (χ2v) is 6.04. The predicted molar refractivity (Wildman–Crippen MR) is 70.5 cm³/mol. The number of nitrogens with one attached hydrogen (secondary N) is 1. The molecule has 0 aromatic carbocycles. The molecule has 4 heteroatoms. The highest BCUT2D eigenvalue weighted by molar-refractivity contribution is 5.11. The van der Waals surface area contributed by atoms with Crippen molar-refractivity contribution in [1.82, 2.24) is 14.9 Å². The van der Waals surface area contributed by atoms with Crippen LogP contribution in [0.2, 0.25) is 0 Å². The van der Waals surface area contributed by atoms with Gasteiger partial charge in [-0.05, 0) is 39.5 Å². The Kier molecular flexibility index (Phi) is 3.16. The zero-order chi connectivity index (χ0) is 12.6. The highest BCUT2D eigenvalue weighted by Gasteiger charge is 2.35. The van der Waals surface area contributed by atoms with E-state index in [-0.39, 0.29) is 5.54 Å². The number of piperidine rings is 1. The van der Waals surface area contributed by atoms with E-state index < -0.39 is 0 Å². The molecule has 4 nitrogen and oxygen atoms in total. The average molecular weight is 249 g/mol. The minimum absolute atomic E-state index is 0.0915. The Morgan fingerprint density at radius 2 is 2.39 bits per heavy atom. The van der Waals surface area contributed by atoms with Crippen LogP contribution in [-0.2, 0) is 10.3 Å². The number of ether oxygens (including phenoxy) is 1. The van der Waals surface area contributed by atoms with Crippen molar-refractivity contribution in [2.75, 3.05) is 13.2 Å². The highest BCUT2D eigenvalue weighted by Crippen LogP contribution is 2.32. The van der Waals surface area contributed by atoms with Gasteiger partial charge in [0, 0.05) is 24.9 Å². The van der Waals surface area contributed by atoms with Gasteiger partial charge in [0.25, 0.3) is 0 Å². The van der Waals surface area contributed by atoms with Crippen molar-refractivity contribution >= 4 is 0 Å². The average Bonchev–Trinajstić information content (AvgIpc) is 2.98. The van der Waals surface area contributed by atoms with Crippen LogP contribution in [0.5, 0.6) is 0 Å². The SMILES string of the molecule is CC1CCCC(c2cncn2C2(C)CCOC2)N1. The second kappa shape index (κ2) is 4.67. The fraction of sp³-hybridized carbons (Fsp3) is 0.786. The molecule has 2 aliphatic heterocycles. The molecule has 3 unspecified atom stereocenters. The van der Waals surface area contributed by atoms with E-state index in [2.05, 4.69) is 28.7 Å². The summed E-state index contributed by atoms with van der Waals surface area (Å²) in [5, 5.41) is 3.70. The van der Waals surface area contributed by atoms with E-state index in [1.807, 2.05) is 12.5 Å². The Bertz CT molecular complexity index is 409. The molecule has 2 aliphatic rings. The summed E-state index contributed by atoms with van der Waals surface area (Å²) in [4.78, 5) is 4.38. The predicted octanol–water partition coefficient (Wildman–Crippen LogP) is 2.22. The van der Waals surface area contributed by atoms with Crippen molar-refractivity contribution in [2.45, 2.75) is 57.2 Å². The van der Waals surface area contributed by atoms with Crippen molar-refractivity contribution in [3.63, 3.8) is 0 Å². The van der Waals surface area contributed by atoms with Crippen molar-refractivity contribution < 1.29 is 4.74 Å². The fourth-order valence-corrected chi connectivity index (χ4v) is 3.23. The number of rotatable bonds is 2. The van der Waals surface area contributed by atoms with Crippen LogP contribution in [0.4, 0.5) is 0 Å². The first kappa shape index (κ1) is 12.2. The standard InChI is InChI=1S/C14H23N3O/c1-11-4-3-5-12(16-11)13-8-15-10-17(13)14(2)6-7-18-9-14/h8,10-12,16H,3-7,9H2,1-2H3. The number of imidazole rings is 1. The van der Waals surface area contributed by atoms with Gasteiger partial charge in [-0.2, -0.15) is 0 Å². The van der Waals surface area contributed by atoms with Crippen LogP contribution in [0.1, 0.15) is 51.3 Å². The van der Waals surface area contributed by atoms with E-state index in [1.165, 1.54) is 25.0 Å². The summed E-state index contributed by atoms with van der Waals surface area (Å²) in [5.41, 5.74) is 1.42. The minimum Gasteiger partial charge on any atom is -0.379 e. The normalized spacial score (nSPS) is 37.0. The second-order valence-electron chi connectivity index (χ2n) is 6.04. The molecule has 2 fully saturated rings. The number of hydrogen-bond acceptors (Lipinski definition) is 3. The van der Waals surface area contributed by atoms with Gasteiger partial charge in [0.1, 0.15) is 0 Å². The van der Waals surface area contributed by atoms with Gasteiger partial charge in [0.15, 0.2) is 0 Å². The molecule has 0 aliphatic carbocycles. The summed E-state index contributed by atoms with van der Waals surface area (Å²) in [6.07, 6.45) is 8.89. The van der Waals surface area contributed by atoms with Crippen LogP contribution in [0.15, 0.2) is 12.5 Å². The molecule has 2 saturated heterocycles.